The zero-order valence-corrected chi connectivity index (χ0v) is 15.7. The van der Waals surface area contributed by atoms with Gasteiger partial charge in [-0.1, -0.05) is 18.2 Å². The van der Waals surface area contributed by atoms with E-state index in [1.165, 1.54) is 0 Å². The van der Waals surface area contributed by atoms with Crippen molar-refractivity contribution in [3.8, 4) is 5.75 Å². The van der Waals surface area contributed by atoms with E-state index in [0.717, 1.165) is 54.4 Å². The molecule has 3 rings (SSSR count). The van der Waals surface area contributed by atoms with Crippen LogP contribution in [0.1, 0.15) is 29.8 Å². The molecule has 1 aromatic heterocycles. The molecule has 0 unspecified atom stereocenters. The van der Waals surface area contributed by atoms with Gasteiger partial charge in [0.25, 0.3) is 0 Å². The highest BCUT2D eigenvalue weighted by Crippen LogP contribution is 2.21. The lowest BCUT2D eigenvalue weighted by molar-refractivity contribution is -0.131. The number of ether oxygens (including phenoxy) is 1. The molecule has 1 N–H and O–H groups in total. The van der Waals surface area contributed by atoms with Crippen molar-refractivity contribution in [3.63, 3.8) is 0 Å². The van der Waals surface area contributed by atoms with E-state index >= 15 is 0 Å². The van der Waals surface area contributed by atoms with Gasteiger partial charge in [0.15, 0.2) is 0 Å². The number of benzene rings is 1. The van der Waals surface area contributed by atoms with Gasteiger partial charge in [-0.2, -0.15) is 0 Å². The van der Waals surface area contributed by atoms with Crippen LogP contribution in [0.15, 0.2) is 30.5 Å². The van der Waals surface area contributed by atoms with Gasteiger partial charge in [0, 0.05) is 30.9 Å². The molecule has 0 spiro atoms. The minimum Gasteiger partial charge on any atom is -0.496 e. The molecule has 0 atom stereocenters. The third-order valence-electron chi connectivity index (χ3n) is 4.80. The maximum atomic E-state index is 12.6. The summed E-state index contributed by atoms with van der Waals surface area (Å²) in [5, 5.41) is 3.49. The van der Waals surface area contributed by atoms with Gasteiger partial charge >= 0.3 is 0 Å². The molecular formula is C20H26N4O2. The number of aryl methyl sites for hydroxylation is 2. The molecule has 1 aliphatic rings. The van der Waals surface area contributed by atoms with Crippen molar-refractivity contribution < 1.29 is 9.53 Å². The number of amides is 1. The molecular weight excluding hydrogens is 328 g/mol. The number of hydrogen-bond acceptors (Lipinski definition) is 5. The van der Waals surface area contributed by atoms with E-state index in [-0.39, 0.29) is 5.91 Å². The first kappa shape index (κ1) is 18.2. The highest BCUT2D eigenvalue weighted by molar-refractivity contribution is 5.79. The maximum absolute atomic E-state index is 12.6. The van der Waals surface area contributed by atoms with Crippen LogP contribution in [-0.2, 0) is 11.2 Å². The summed E-state index contributed by atoms with van der Waals surface area (Å²) in [7, 11) is 1.64. The topological polar surface area (TPSA) is 67.3 Å². The van der Waals surface area contributed by atoms with Crippen LogP contribution in [0.25, 0.3) is 0 Å². The van der Waals surface area contributed by atoms with Gasteiger partial charge in [-0.05, 0) is 32.8 Å². The molecule has 0 bridgehead atoms. The summed E-state index contributed by atoms with van der Waals surface area (Å²) in [6, 6.07) is 8.01. The molecule has 138 valence electrons. The minimum absolute atomic E-state index is 0.152. The number of hydrogen-bond donors (Lipinski definition) is 1. The van der Waals surface area contributed by atoms with Crippen LogP contribution in [0.4, 0.5) is 5.82 Å². The Labute approximate surface area is 154 Å². The Kier molecular flexibility index (Phi) is 5.71. The van der Waals surface area contributed by atoms with Gasteiger partial charge < -0.3 is 15.0 Å². The second-order valence-corrected chi connectivity index (χ2v) is 6.73. The summed E-state index contributed by atoms with van der Waals surface area (Å²) in [6.45, 7) is 5.41. The molecule has 0 radical (unpaired) electrons. The van der Waals surface area contributed by atoms with Crippen LogP contribution >= 0.6 is 0 Å². The number of nitrogens with one attached hydrogen (secondary N) is 1. The lowest BCUT2D eigenvalue weighted by Gasteiger charge is -2.33. The van der Waals surface area contributed by atoms with Crippen molar-refractivity contribution >= 4 is 11.7 Å². The van der Waals surface area contributed by atoms with Crippen LogP contribution < -0.4 is 10.1 Å². The first-order valence-electron chi connectivity index (χ1n) is 9.03. The summed E-state index contributed by atoms with van der Waals surface area (Å²) in [4.78, 5) is 23.4. The predicted molar refractivity (Wildman–Crippen MR) is 101 cm³/mol. The number of carbonyl (C=O) groups is 1. The van der Waals surface area contributed by atoms with Crippen LogP contribution in [-0.4, -0.2) is 47.0 Å². The fourth-order valence-corrected chi connectivity index (χ4v) is 3.26. The van der Waals surface area contributed by atoms with Crippen molar-refractivity contribution in [3.05, 3.63) is 47.4 Å². The van der Waals surface area contributed by atoms with E-state index in [4.69, 9.17) is 4.74 Å². The van der Waals surface area contributed by atoms with E-state index in [2.05, 4.69) is 15.3 Å². The molecule has 0 saturated carbocycles. The average Bonchev–Trinajstić information content (AvgIpc) is 2.65. The number of piperidine rings is 1. The third kappa shape index (κ3) is 4.31. The normalized spacial score (nSPS) is 15.0. The lowest BCUT2D eigenvalue weighted by Crippen LogP contribution is -2.43. The fraction of sp³-hybridized carbons (Fsp3) is 0.450. The second-order valence-electron chi connectivity index (χ2n) is 6.73. The summed E-state index contributed by atoms with van der Waals surface area (Å²) >= 11 is 0. The van der Waals surface area contributed by atoms with Crippen LogP contribution in [0.5, 0.6) is 5.75 Å². The number of carbonyl (C=O) groups excluding carboxylic acids is 1. The molecule has 1 amide bonds. The third-order valence-corrected chi connectivity index (χ3v) is 4.80. The molecule has 6 nitrogen and oxygen atoms in total. The van der Waals surface area contributed by atoms with E-state index in [1.807, 2.05) is 43.0 Å². The Morgan fingerprint density at radius 2 is 2.00 bits per heavy atom. The largest absolute Gasteiger partial charge is 0.496 e. The fourth-order valence-electron chi connectivity index (χ4n) is 3.26. The number of anilines is 1. The Morgan fingerprint density at radius 3 is 2.73 bits per heavy atom. The van der Waals surface area contributed by atoms with E-state index in [1.54, 1.807) is 13.3 Å². The highest BCUT2D eigenvalue weighted by atomic mass is 16.5. The Hall–Kier alpha value is -2.63. The Morgan fingerprint density at radius 1 is 1.27 bits per heavy atom. The number of rotatable bonds is 5. The molecule has 0 aliphatic carbocycles. The molecule has 1 fully saturated rings. The molecule has 2 heterocycles. The maximum Gasteiger partial charge on any atom is 0.227 e. The molecule has 1 aromatic carbocycles. The zero-order chi connectivity index (χ0) is 18.5. The molecule has 6 heteroatoms. The number of likely N-dealkylation sites (tertiary alicyclic amines) is 1. The molecule has 26 heavy (non-hydrogen) atoms. The van der Waals surface area contributed by atoms with Gasteiger partial charge in [0.1, 0.15) is 11.6 Å². The standard InChI is InChI=1S/C20H26N4O2/c1-14-13-21-15(2)20(22-14)23-17-8-10-24(11-9-17)19(25)12-16-6-4-5-7-18(16)26-3/h4-7,13,17H,8-12H2,1-3H3,(H,22,23). The number of para-hydroxylation sites is 1. The number of nitrogens with zero attached hydrogens (tertiary/aromatic N) is 3. The summed E-state index contributed by atoms with van der Waals surface area (Å²) in [6.07, 6.45) is 3.98. The van der Waals surface area contributed by atoms with Crippen molar-refractivity contribution in [1.29, 1.82) is 0 Å². The quantitative estimate of drug-likeness (QED) is 0.894. The van der Waals surface area contributed by atoms with E-state index < -0.39 is 0 Å². The zero-order valence-electron chi connectivity index (χ0n) is 15.7. The van der Waals surface area contributed by atoms with Crippen LogP contribution in [0.2, 0.25) is 0 Å². The molecule has 1 saturated heterocycles. The van der Waals surface area contributed by atoms with Gasteiger partial charge in [-0.15, -0.1) is 0 Å². The highest BCUT2D eigenvalue weighted by Gasteiger charge is 2.24. The van der Waals surface area contributed by atoms with Crippen molar-refractivity contribution in [2.24, 2.45) is 0 Å². The molecule has 1 aliphatic heterocycles. The predicted octanol–water partition coefficient (Wildman–Crippen LogP) is 2.75. The van der Waals surface area contributed by atoms with Gasteiger partial charge in [0.05, 0.1) is 24.9 Å². The Balaban J connectivity index is 1.54. The van der Waals surface area contributed by atoms with Gasteiger partial charge in [-0.3, -0.25) is 9.78 Å². The summed E-state index contributed by atoms with van der Waals surface area (Å²) in [5.41, 5.74) is 2.75. The summed E-state index contributed by atoms with van der Waals surface area (Å²) < 4.78 is 5.34. The lowest BCUT2D eigenvalue weighted by atomic mass is 10.0. The first-order chi connectivity index (χ1) is 12.6. The number of methoxy groups -OCH3 is 1. The van der Waals surface area contributed by atoms with Crippen LogP contribution in [0.3, 0.4) is 0 Å². The van der Waals surface area contributed by atoms with Crippen molar-refractivity contribution in [2.75, 3.05) is 25.5 Å². The molecule has 2 aromatic rings. The first-order valence-corrected chi connectivity index (χ1v) is 9.03. The summed E-state index contributed by atoms with van der Waals surface area (Å²) in [5.74, 6) is 1.77. The smallest absolute Gasteiger partial charge is 0.227 e. The minimum atomic E-state index is 0.152. The van der Waals surface area contributed by atoms with Gasteiger partial charge in [-0.25, -0.2) is 4.98 Å². The van der Waals surface area contributed by atoms with E-state index in [9.17, 15) is 4.79 Å². The number of aromatic nitrogens is 2. The van der Waals surface area contributed by atoms with Gasteiger partial charge in [0.2, 0.25) is 5.91 Å². The second kappa shape index (κ2) is 8.17. The van der Waals surface area contributed by atoms with Crippen molar-refractivity contribution in [1.82, 2.24) is 14.9 Å². The van der Waals surface area contributed by atoms with Crippen molar-refractivity contribution in [2.45, 2.75) is 39.2 Å². The monoisotopic (exact) mass is 354 g/mol. The van der Waals surface area contributed by atoms with E-state index in [0.29, 0.717) is 12.5 Å². The Bertz CT molecular complexity index is 770. The van der Waals surface area contributed by atoms with Crippen LogP contribution in [0, 0.1) is 13.8 Å². The SMILES string of the molecule is COc1ccccc1CC(=O)N1CCC(Nc2nc(C)cnc2C)CC1. The average molecular weight is 354 g/mol.